The molecule has 0 spiro atoms. The summed E-state index contributed by atoms with van der Waals surface area (Å²) >= 11 is 6.14. The molecule has 1 amide bonds. The first-order chi connectivity index (χ1) is 15.2. The second kappa shape index (κ2) is 9.90. The third-order valence-electron chi connectivity index (χ3n) is 5.26. The third-order valence-corrected chi connectivity index (χ3v) is 5.63. The maximum absolute atomic E-state index is 13.4. The van der Waals surface area contributed by atoms with Gasteiger partial charge in [-0.1, -0.05) is 35.9 Å². The summed E-state index contributed by atoms with van der Waals surface area (Å²) in [5.74, 6) is -0.495. The fraction of sp³-hybridized carbons (Fsp3) is 0.333. The number of carbonyl (C=O) groups excluding carboxylic acids is 1. The number of aromatic amines is 1. The van der Waals surface area contributed by atoms with Crippen molar-refractivity contribution in [1.82, 2.24) is 15.5 Å². The Bertz CT molecular complexity index is 1130. The van der Waals surface area contributed by atoms with Crippen LogP contribution in [0.2, 0.25) is 5.02 Å². The first kappa shape index (κ1) is 23.4. The smallest absolute Gasteiger partial charge is 0.285 e. The monoisotopic (exact) mass is 464 g/mol. The topological polar surface area (TPSA) is 116 Å². The van der Waals surface area contributed by atoms with E-state index in [4.69, 9.17) is 17.3 Å². The highest BCUT2D eigenvalue weighted by atomic mass is 35.5. The van der Waals surface area contributed by atoms with E-state index in [0.717, 1.165) is 0 Å². The number of nitrogens with two attached hydrogens (primary N) is 1. The lowest BCUT2D eigenvalue weighted by molar-refractivity contribution is -0.117. The van der Waals surface area contributed by atoms with Crippen LogP contribution in [0, 0.1) is 0 Å². The van der Waals surface area contributed by atoms with Gasteiger partial charge in [0.2, 0.25) is 0 Å². The van der Waals surface area contributed by atoms with Gasteiger partial charge in [0, 0.05) is 43.4 Å². The molecule has 1 aliphatic heterocycles. The summed E-state index contributed by atoms with van der Waals surface area (Å²) in [6.07, 6.45) is -0.856. The Labute approximate surface area is 188 Å². The average Bonchev–Trinajstić information content (AvgIpc) is 2.80. The van der Waals surface area contributed by atoms with Crippen LogP contribution >= 0.6 is 11.6 Å². The number of aromatic nitrogens is 2. The van der Waals surface area contributed by atoms with E-state index in [1.807, 2.05) is 0 Å². The number of hydrogen-bond donors (Lipinski definition) is 3. The lowest BCUT2D eigenvalue weighted by Crippen LogP contribution is -2.40. The fourth-order valence-corrected chi connectivity index (χ4v) is 3.81. The molecule has 1 aromatic carbocycles. The van der Waals surface area contributed by atoms with Crippen LogP contribution in [0.1, 0.15) is 36.9 Å². The molecule has 1 aromatic heterocycles. The first-order valence-electron chi connectivity index (χ1n) is 9.87. The van der Waals surface area contributed by atoms with Gasteiger partial charge in [-0.25, -0.2) is 13.9 Å². The summed E-state index contributed by atoms with van der Waals surface area (Å²) in [6.45, 7) is 2.27. The Hall–Kier alpha value is -3.27. The van der Waals surface area contributed by atoms with Gasteiger partial charge >= 0.3 is 0 Å². The molecule has 32 heavy (non-hydrogen) atoms. The van der Waals surface area contributed by atoms with Crippen molar-refractivity contribution in [1.29, 1.82) is 0 Å². The molecule has 0 saturated carbocycles. The molecule has 1 saturated heterocycles. The Morgan fingerprint density at radius 1 is 1.34 bits per heavy atom. The van der Waals surface area contributed by atoms with Crippen LogP contribution < -0.4 is 21.5 Å². The molecule has 170 valence electrons. The van der Waals surface area contributed by atoms with Gasteiger partial charge in [0.15, 0.2) is 0 Å². The van der Waals surface area contributed by atoms with Crippen molar-refractivity contribution in [2.45, 2.75) is 25.8 Å². The van der Waals surface area contributed by atoms with Crippen molar-refractivity contribution in [3.8, 4) is 0 Å². The van der Waals surface area contributed by atoms with Crippen LogP contribution in [0.5, 0.6) is 0 Å². The maximum atomic E-state index is 13.4. The number of anilines is 1. The number of piperidine rings is 1. The van der Waals surface area contributed by atoms with Crippen molar-refractivity contribution in [2.24, 2.45) is 10.7 Å². The summed E-state index contributed by atoms with van der Waals surface area (Å²) in [7, 11) is 1.45. The minimum Gasteiger partial charge on any atom is -0.394 e. The molecule has 1 unspecified atom stereocenters. The number of rotatable bonds is 5. The molecule has 11 heteroatoms. The van der Waals surface area contributed by atoms with Crippen LogP contribution in [0.15, 0.2) is 51.5 Å². The zero-order valence-corrected chi connectivity index (χ0v) is 18.3. The van der Waals surface area contributed by atoms with Crippen molar-refractivity contribution in [3.63, 3.8) is 0 Å². The summed E-state index contributed by atoms with van der Waals surface area (Å²) in [6, 6.07) is 5.63. The van der Waals surface area contributed by atoms with Crippen LogP contribution in [-0.4, -0.2) is 42.0 Å². The second-order valence-electron chi connectivity index (χ2n) is 7.22. The summed E-state index contributed by atoms with van der Waals surface area (Å²) in [5.41, 5.74) is 7.22. The maximum Gasteiger partial charge on any atom is 0.285 e. The predicted molar refractivity (Wildman–Crippen MR) is 119 cm³/mol. The van der Waals surface area contributed by atoms with E-state index in [2.05, 4.69) is 20.5 Å². The summed E-state index contributed by atoms with van der Waals surface area (Å²) < 4.78 is 26.9. The zero-order chi connectivity index (χ0) is 23.4. The van der Waals surface area contributed by atoms with Crippen LogP contribution in [0.4, 0.5) is 14.5 Å². The molecular formula is C21H23ClF2N6O2. The SMILES string of the molecule is CNC(=O)C(N)=C1CN(c2cn[nH]c(=O)c2Cl)CCC1=NC(C)c1ccccc1C(F)F. The van der Waals surface area contributed by atoms with E-state index >= 15 is 0 Å². The van der Waals surface area contributed by atoms with Gasteiger partial charge in [0.05, 0.1) is 17.9 Å². The molecular weight excluding hydrogens is 442 g/mol. The van der Waals surface area contributed by atoms with Gasteiger partial charge in [-0.15, -0.1) is 0 Å². The van der Waals surface area contributed by atoms with E-state index in [-0.39, 0.29) is 22.8 Å². The highest BCUT2D eigenvalue weighted by Crippen LogP contribution is 2.31. The molecule has 8 nitrogen and oxygen atoms in total. The van der Waals surface area contributed by atoms with Gasteiger partial charge in [0.25, 0.3) is 17.9 Å². The molecule has 0 aliphatic carbocycles. The van der Waals surface area contributed by atoms with E-state index in [0.29, 0.717) is 35.5 Å². The number of alkyl halides is 2. The van der Waals surface area contributed by atoms with Gasteiger partial charge in [-0.2, -0.15) is 5.10 Å². The number of aliphatic imine (C=N–C) groups is 1. The Morgan fingerprint density at radius 2 is 2.03 bits per heavy atom. The van der Waals surface area contributed by atoms with E-state index < -0.39 is 23.9 Å². The summed E-state index contributed by atoms with van der Waals surface area (Å²) in [5, 5.41) is 8.49. The third kappa shape index (κ3) is 4.80. The van der Waals surface area contributed by atoms with Gasteiger partial charge in [-0.3, -0.25) is 14.6 Å². The minimum atomic E-state index is -2.63. The molecule has 2 aromatic rings. The van der Waals surface area contributed by atoms with Gasteiger partial charge in [0.1, 0.15) is 10.7 Å². The zero-order valence-electron chi connectivity index (χ0n) is 17.5. The molecule has 1 fully saturated rings. The number of halogens is 3. The van der Waals surface area contributed by atoms with E-state index in [1.165, 1.54) is 19.3 Å². The van der Waals surface area contributed by atoms with Crippen molar-refractivity contribution in [3.05, 3.63) is 68.2 Å². The predicted octanol–water partition coefficient (Wildman–Crippen LogP) is 2.73. The summed E-state index contributed by atoms with van der Waals surface area (Å²) in [4.78, 5) is 30.5. The average molecular weight is 465 g/mol. The van der Waals surface area contributed by atoms with Gasteiger partial charge in [-0.05, 0) is 12.5 Å². The normalized spacial score (nSPS) is 18.1. The number of carbonyl (C=O) groups is 1. The molecule has 1 aliphatic rings. The Kier molecular flexibility index (Phi) is 7.24. The fourth-order valence-electron chi connectivity index (χ4n) is 3.60. The Morgan fingerprint density at radius 3 is 2.69 bits per heavy atom. The number of H-pyrrole nitrogens is 1. The largest absolute Gasteiger partial charge is 0.394 e. The highest BCUT2D eigenvalue weighted by Gasteiger charge is 2.27. The van der Waals surface area contributed by atoms with Crippen molar-refractivity contribution < 1.29 is 13.6 Å². The molecule has 3 rings (SSSR count). The lowest BCUT2D eigenvalue weighted by atomic mass is 9.97. The van der Waals surface area contributed by atoms with Crippen LogP contribution in [0.3, 0.4) is 0 Å². The van der Waals surface area contributed by atoms with Crippen LogP contribution in [0.25, 0.3) is 0 Å². The number of likely N-dealkylation sites (N-methyl/N-ethyl adjacent to an activating group) is 1. The molecule has 0 radical (unpaired) electrons. The quantitative estimate of drug-likeness (QED) is 0.588. The molecule has 2 heterocycles. The standard InChI is InChI=1S/C21H23ClF2N6O2/c1-11(12-5-3-4-6-13(12)19(23)24)28-15-7-8-30(10-14(15)18(25)21(32)26-2)16-9-27-29-20(31)17(16)22/h3-6,9,11,19H,7-8,10,25H2,1-2H3,(H,26,32)(H,29,31). The number of nitrogens with zero attached hydrogens (tertiary/aromatic N) is 3. The number of hydrogen-bond acceptors (Lipinski definition) is 6. The van der Waals surface area contributed by atoms with Crippen molar-refractivity contribution >= 4 is 28.9 Å². The minimum absolute atomic E-state index is 0.0301. The number of amides is 1. The first-order valence-corrected chi connectivity index (χ1v) is 10.2. The van der Waals surface area contributed by atoms with Gasteiger partial charge < -0.3 is 16.0 Å². The number of benzene rings is 1. The number of nitrogens with one attached hydrogen (secondary N) is 2. The van der Waals surface area contributed by atoms with E-state index in [1.54, 1.807) is 30.0 Å². The lowest BCUT2D eigenvalue weighted by Gasteiger charge is -2.33. The highest BCUT2D eigenvalue weighted by molar-refractivity contribution is 6.33. The molecule has 1 atom stereocenters. The molecule has 0 bridgehead atoms. The van der Waals surface area contributed by atoms with Crippen LogP contribution in [-0.2, 0) is 4.79 Å². The van der Waals surface area contributed by atoms with E-state index in [9.17, 15) is 18.4 Å². The van der Waals surface area contributed by atoms with Crippen molar-refractivity contribution in [2.75, 3.05) is 25.0 Å². The molecule has 4 N–H and O–H groups in total. The second-order valence-corrected chi connectivity index (χ2v) is 7.60. The Balaban J connectivity index is 2.02.